The van der Waals surface area contributed by atoms with Gasteiger partial charge in [-0.3, -0.25) is 10.1 Å². The molecule has 3 aromatic carbocycles. The van der Waals surface area contributed by atoms with Crippen molar-refractivity contribution in [3.63, 3.8) is 0 Å². The summed E-state index contributed by atoms with van der Waals surface area (Å²) in [4.78, 5) is 26.8. The molecule has 0 aromatic heterocycles. The highest BCUT2D eigenvalue weighted by atomic mass is 35.5. The van der Waals surface area contributed by atoms with Crippen LogP contribution < -0.4 is 19.7 Å². The molecule has 0 saturated heterocycles. The van der Waals surface area contributed by atoms with Gasteiger partial charge in [0.25, 0.3) is 5.91 Å². The number of hydrogen-bond donors (Lipinski definition) is 1. The minimum absolute atomic E-state index is 0.0988. The summed E-state index contributed by atoms with van der Waals surface area (Å²) in [7, 11) is 2.99. The van der Waals surface area contributed by atoms with Gasteiger partial charge in [0.2, 0.25) is 0 Å². The van der Waals surface area contributed by atoms with E-state index in [-0.39, 0.29) is 18.3 Å². The Hall–Kier alpha value is -3.33. The quantitative estimate of drug-likeness (QED) is 0.278. The van der Waals surface area contributed by atoms with Crippen LogP contribution in [0.3, 0.4) is 0 Å². The fraction of sp³-hybridized carbons (Fsp3) is 0.192. The summed E-state index contributed by atoms with van der Waals surface area (Å²) in [6.45, 7) is 2.17. The predicted octanol–water partition coefficient (Wildman–Crippen LogP) is 5.91. The van der Waals surface area contributed by atoms with Gasteiger partial charge in [-0.05, 0) is 67.7 Å². The SMILES string of the molecule is CCOC(=O)c1ccc(N(Cc2c(Cl)cccc2Cl)C(=S)NC(=O)c2cc(OC)cc(OC)c2)cc1. The summed E-state index contributed by atoms with van der Waals surface area (Å²) in [5.74, 6) is 0.0163. The van der Waals surface area contributed by atoms with Crippen molar-refractivity contribution >= 4 is 58.1 Å². The molecule has 1 amide bonds. The number of benzene rings is 3. The van der Waals surface area contributed by atoms with Crippen molar-refractivity contribution in [2.75, 3.05) is 25.7 Å². The molecule has 0 aliphatic rings. The summed E-state index contributed by atoms with van der Waals surface area (Å²) in [6, 6.07) is 16.6. The van der Waals surface area contributed by atoms with E-state index in [1.807, 2.05) is 0 Å². The van der Waals surface area contributed by atoms with Gasteiger partial charge in [-0.15, -0.1) is 0 Å². The molecule has 0 spiro atoms. The first kappa shape index (κ1) is 27.3. The molecule has 0 saturated carbocycles. The normalized spacial score (nSPS) is 10.4. The molecular weight excluding hydrogens is 523 g/mol. The topological polar surface area (TPSA) is 77.1 Å². The summed E-state index contributed by atoms with van der Waals surface area (Å²) in [5, 5.41) is 3.74. The Morgan fingerprint density at radius 2 is 1.50 bits per heavy atom. The van der Waals surface area contributed by atoms with Crippen LogP contribution in [0.5, 0.6) is 11.5 Å². The number of hydrogen-bond acceptors (Lipinski definition) is 6. The molecule has 0 unspecified atom stereocenters. The zero-order valence-electron chi connectivity index (χ0n) is 19.8. The number of methoxy groups -OCH3 is 2. The highest BCUT2D eigenvalue weighted by Gasteiger charge is 2.20. The number of anilines is 1. The minimum Gasteiger partial charge on any atom is -0.497 e. The van der Waals surface area contributed by atoms with Gasteiger partial charge in [-0.1, -0.05) is 29.3 Å². The molecule has 36 heavy (non-hydrogen) atoms. The largest absolute Gasteiger partial charge is 0.497 e. The van der Waals surface area contributed by atoms with E-state index in [1.165, 1.54) is 14.2 Å². The van der Waals surface area contributed by atoms with Crippen LogP contribution in [0.1, 0.15) is 33.2 Å². The van der Waals surface area contributed by atoms with Crippen molar-refractivity contribution < 1.29 is 23.8 Å². The van der Waals surface area contributed by atoms with Crippen molar-refractivity contribution in [1.29, 1.82) is 0 Å². The second-order valence-corrected chi connectivity index (χ2v) is 8.62. The second kappa shape index (κ2) is 12.6. The average Bonchev–Trinajstić information content (AvgIpc) is 2.88. The van der Waals surface area contributed by atoms with Crippen LogP contribution >= 0.6 is 35.4 Å². The number of carbonyl (C=O) groups is 2. The molecule has 3 rings (SSSR count). The summed E-state index contributed by atoms with van der Waals surface area (Å²) < 4.78 is 15.6. The Bertz CT molecular complexity index is 1230. The Morgan fingerprint density at radius 3 is 2.03 bits per heavy atom. The summed E-state index contributed by atoms with van der Waals surface area (Å²) in [5.41, 5.74) is 1.90. The summed E-state index contributed by atoms with van der Waals surface area (Å²) in [6.07, 6.45) is 0. The van der Waals surface area contributed by atoms with E-state index in [2.05, 4.69) is 5.32 Å². The molecule has 188 valence electrons. The first-order valence-electron chi connectivity index (χ1n) is 10.8. The number of rotatable bonds is 8. The van der Waals surface area contributed by atoms with Crippen LogP contribution in [0.2, 0.25) is 10.0 Å². The minimum atomic E-state index is -0.462. The molecule has 0 heterocycles. The van der Waals surface area contributed by atoms with Crippen molar-refractivity contribution in [3.8, 4) is 11.5 Å². The van der Waals surface area contributed by atoms with Gasteiger partial charge in [0.1, 0.15) is 11.5 Å². The summed E-state index contributed by atoms with van der Waals surface area (Å²) >= 11 is 18.4. The van der Waals surface area contributed by atoms with Gasteiger partial charge in [0.05, 0.1) is 32.9 Å². The predicted molar refractivity (Wildman–Crippen MR) is 145 cm³/mol. The maximum atomic E-state index is 13.1. The van der Waals surface area contributed by atoms with Gasteiger partial charge in [0.15, 0.2) is 5.11 Å². The molecule has 0 atom stereocenters. The molecule has 0 fully saturated rings. The molecule has 1 N–H and O–H groups in total. The third kappa shape index (κ3) is 6.66. The van der Waals surface area contributed by atoms with E-state index in [1.54, 1.807) is 72.5 Å². The van der Waals surface area contributed by atoms with Crippen LogP contribution in [0.15, 0.2) is 60.7 Å². The van der Waals surface area contributed by atoms with E-state index < -0.39 is 11.9 Å². The maximum absolute atomic E-state index is 13.1. The number of esters is 1. The van der Waals surface area contributed by atoms with Crippen molar-refractivity contribution in [1.82, 2.24) is 5.32 Å². The van der Waals surface area contributed by atoms with Gasteiger partial charge in [-0.2, -0.15) is 0 Å². The van der Waals surface area contributed by atoms with E-state index in [4.69, 9.17) is 49.6 Å². The lowest BCUT2D eigenvalue weighted by Crippen LogP contribution is -2.42. The van der Waals surface area contributed by atoms with Crippen LogP contribution in [-0.4, -0.2) is 37.8 Å². The fourth-order valence-electron chi connectivity index (χ4n) is 3.29. The Balaban J connectivity index is 1.93. The lowest BCUT2D eigenvalue weighted by Gasteiger charge is -2.27. The maximum Gasteiger partial charge on any atom is 0.338 e. The van der Waals surface area contributed by atoms with Crippen LogP contribution in [0.4, 0.5) is 5.69 Å². The highest BCUT2D eigenvalue weighted by molar-refractivity contribution is 7.80. The van der Waals surface area contributed by atoms with Crippen LogP contribution in [0.25, 0.3) is 0 Å². The zero-order chi connectivity index (χ0) is 26.2. The molecule has 0 radical (unpaired) electrons. The molecule has 0 aliphatic carbocycles. The molecule has 0 aliphatic heterocycles. The first-order chi connectivity index (χ1) is 17.3. The van der Waals surface area contributed by atoms with Crippen molar-refractivity contribution in [3.05, 3.63) is 87.4 Å². The highest BCUT2D eigenvalue weighted by Crippen LogP contribution is 2.29. The number of thiocarbonyl (C=S) groups is 1. The van der Waals surface area contributed by atoms with E-state index in [0.29, 0.717) is 43.9 Å². The fourth-order valence-corrected chi connectivity index (χ4v) is 4.07. The molecule has 3 aromatic rings. The van der Waals surface area contributed by atoms with Crippen LogP contribution in [-0.2, 0) is 11.3 Å². The van der Waals surface area contributed by atoms with Gasteiger partial charge >= 0.3 is 5.97 Å². The molecular formula is C26H24Cl2N2O5S. The lowest BCUT2D eigenvalue weighted by atomic mass is 10.1. The number of ether oxygens (including phenoxy) is 3. The van der Waals surface area contributed by atoms with Gasteiger partial charge in [0, 0.05) is 32.9 Å². The van der Waals surface area contributed by atoms with Crippen molar-refractivity contribution in [2.24, 2.45) is 0 Å². The van der Waals surface area contributed by atoms with Gasteiger partial charge < -0.3 is 19.1 Å². The number of carbonyl (C=O) groups excluding carboxylic acids is 2. The third-order valence-electron chi connectivity index (χ3n) is 5.15. The van der Waals surface area contributed by atoms with Crippen LogP contribution in [0, 0.1) is 0 Å². The Morgan fingerprint density at radius 1 is 0.917 bits per heavy atom. The third-order valence-corrected chi connectivity index (χ3v) is 6.18. The Kier molecular flexibility index (Phi) is 9.52. The first-order valence-corrected chi connectivity index (χ1v) is 12.0. The number of nitrogens with zero attached hydrogens (tertiary/aromatic N) is 1. The second-order valence-electron chi connectivity index (χ2n) is 7.41. The standard InChI is InChI=1S/C26H24Cl2N2O5S/c1-4-35-25(32)16-8-10-18(11-9-16)30(15-21-22(27)6-5-7-23(21)28)26(36)29-24(31)17-12-19(33-2)14-20(13-17)34-3/h5-14H,4,15H2,1-3H3,(H,29,31,36). The molecule has 0 bridgehead atoms. The molecule has 10 heteroatoms. The van der Waals surface area contributed by atoms with Crippen molar-refractivity contribution in [2.45, 2.75) is 13.5 Å². The van der Waals surface area contributed by atoms with E-state index >= 15 is 0 Å². The van der Waals surface area contributed by atoms with E-state index in [0.717, 1.165) is 0 Å². The van der Waals surface area contributed by atoms with E-state index in [9.17, 15) is 9.59 Å². The number of nitrogens with one attached hydrogen (secondary N) is 1. The molecule has 7 nitrogen and oxygen atoms in total. The smallest absolute Gasteiger partial charge is 0.338 e. The average molecular weight is 547 g/mol. The van der Waals surface area contributed by atoms with Gasteiger partial charge in [-0.25, -0.2) is 4.79 Å². The monoisotopic (exact) mass is 546 g/mol. The zero-order valence-corrected chi connectivity index (χ0v) is 22.2. The Labute approximate surface area is 224 Å². The lowest BCUT2D eigenvalue weighted by molar-refractivity contribution is 0.0526. The number of halogens is 2. The number of amides is 1.